The van der Waals surface area contributed by atoms with Crippen LogP contribution in [0.5, 0.6) is 0 Å². The second-order valence-electron chi connectivity index (χ2n) is 7.12. The first kappa shape index (κ1) is 17.7. The van der Waals surface area contributed by atoms with Crippen LogP contribution in [0.1, 0.15) is 25.8 Å². The van der Waals surface area contributed by atoms with E-state index in [1.54, 1.807) is 6.33 Å². The summed E-state index contributed by atoms with van der Waals surface area (Å²) in [7, 11) is 0. The molecule has 1 aliphatic rings. The molecule has 0 radical (unpaired) electrons. The number of piperazine rings is 1. The number of hydrogen-bond acceptors (Lipinski definition) is 5. The topological polar surface area (TPSA) is 44.3 Å². The van der Waals surface area contributed by atoms with Crippen LogP contribution in [0.4, 0.5) is 11.6 Å². The van der Waals surface area contributed by atoms with Crippen molar-refractivity contribution in [1.29, 1.82) is 0 Å². The Balaban J connectivity index is 1.50. The summed E-state index contributed by atoms with van der Waals surface area (Å²) in [6, 6.07) is 12.8. The Labute approximate surface area is 151 Å². The fraction of sp³-hybridized carbons (Fsp3) is 0.500. The third-order valence-corrected chi connectivity index (χ3v) is 4.63. The molecule has 0 saturated carbocycles. The molecule has 3 rings (SSSR count). The van der Waals surface area contributed by atoms with Crippen molar-refractivity contribution in [2.45, 2.75) is 26.8 Å². The van der Waals surface area contributed by atoms with E-state index in [0.29, 0.717) is 5.92 Å². The molecule has 2 heterocycles. The van der Waals surface area contributed by atoms with E-state index in [2.05, 4.69) is 75.3 Å². The van der Waals surface area contributed by atoms with Gasteiger partial charge in [0, 0.05) is 45.3 Å². The zero-order valence-electron chi connectivity index (χ0n) is 15.4. The minimum absolute atomic E-state index is 0.700. The molecule has 0 unspecified atom stereocenters. The molecule has 5 nitrogen and oxygen atoms in total. The summed E-state index contributed by atoms with van der Waals surface area (Å²) in [4.78, 5) is 13.7. The minimum Gasteiger partial charge on any atom is -0.370 e. The number of aromatic nitrogens is 2. The van der Waals surface area contributed by atoms with Crippen LogP contribution in [0, 0.1) is 5.92 Å². The summed E-state index contributed by atoms with van der Waals surface area (Å²) in [5.41, 5.74) is 1.38. The van der Waals surface area contributed by atoms with Gasteiger partial charge in [-0.2, -0.15) is 0 Å². The summed E-state index contributed by atoms with van der Waals surface area (Å²) in [6.45, 7) is 10.6. The summed E-state index contributed by atoms with van der Waals surface area (Å²) in [5.74, 6) is 2.66. The van der Waals surface area contributed by atoms with Gasteiger partial charge in [0.2, 0.25) is 0 Å². The Morgan fingerprint density at radius 3 is 2.52 bits per heavy atom. The van der Waals surface area contributed by atoms with E-state index in [4.69, 9.17) is 0 Å². The van der Waals surface area contributed by atoms with Crippen molar-refractivity contribution in [1.82, 2.24) is 14.9 Å². The number of nitrogens with one attached hydrogen (secondary N) is 1. The van der Waals surface area contributed by atoms with Crippen LogP contribution in [-0.2, 0) is 6.54 Å². The van der Waals surface area contributed by atoms with Crippen LogP contribution in [0.2, 0.25) is 0 Å². The van der Waals surface area contributed by atoms with Gasteiger partial charge < -0.3 is 10.2 Å². The Bertz CT molecular complexity index is 636. The predicted molar refractivity (Wildman–Crippen MR) is 104 cm³/mol. The highest BCUT2D eigenvalue weighted by Gasteiger charge is 2.18. The molecule has 1 fully saturated rings. The molecule has 1 aromatic heterocycles. The molecule has 0 spiro atoms. The number of nitrogens with zero attached hydrogens (tertiary/aromatic N) is 4. The summed E-state index contributed by atoms with van der Waals surface area (Å²) in [6.07, 6.45) is 2.82. The van der Waals surface area contributed by atoms with Crippen LogP contribution in [0.3, 0.4) is 0 Å². The molecule has 5 heteroatoms. The van der Waals surface area contributed by atoms with Gasteiger partial charge in [-0.15, -0.1) is 0 Å². The maximum Gasteiger partial charge on any atom is 0.134 e. The van der Waals surface area contributed by atoms with Gasteiger partial charge >= 0.3 is 0 Å². The van der Waals surface area contributed by atoms with Gasteiger partial charge in [0.05, 0.1) is 0 Å². The number of rotatable bonds is 7. The summed E-state index contributed by atoms with van der Waals surface area (Å²) in [5, 5.41) is 3.41. The molecule has 1 N–H and O–H groups in total. The van der Waals surface area contributed by atoms with E-state index in [0.717, 1.165) is 57.3 Å². The average molecular weight is 339 g/mol. The monoisotopic (exact) mass is 339 g/mol. The molecule has 25 heavy (non-hydrogen) atoms. The maximum absolute atomic E-state index is 4.47. The third-order valence-electron chi connectivity index (χ3n) is 4.63. The van der Waals surface area contributed by atoms with Crippen LogP contribution < -0.4 is 10.2 Å². The third kappa shape index (κ3) is 5.43. The van der Waals surface area contributed by atoms with E-state index in [9.17, 15) is 0 Å². The van der Waals surface area contributed by atoms with Crippen LogP contribution >= 0.6 is 0 Å². The van der Waals surface area contributed by atoms with Crippen molar-refractivity contribution < 1.29 is 0 Å². The molecule has 0 atom stereocenters. The first-order chi connectivity index (χ1) is 12.2. The van der Waals surface area contributed by atoms with Crippen LogP contribution in [-0.4, -0.2) is 47.6 Å². The van der Waals surface area contributed by atoms with Crippen molar-refractivity contribution in [3.05, 3.63) is 48.3 Å². The van der Waals surface area contributed by atoms with Crippen molar-refractivity contribution in [2.24, 2.45) is 5.92 Å². The summed E-state index contributed by atoms with van der Waals surface area (Å²) >= 11 is 0. The molecule has 1 saturated heterocycles. The lowest BCUT2D eigenvalue weighted by Crippen LogP contribution is -2.46. The molecule has 2 aromatic rings. The lowest BCUT2D eigenvalue weighted by atomic mass is 10.1. The zero-order chi connectivity index (χ0) is 17.5. The largest absolute Gasteiger partial charge is 0.370 e. The Morgan fingerprint density at radius 1 is 1.04 bits per heavy atom. The lowest BCUT2D eigenvalue weighted by Gasteiger charge is -2.35. The maximum atomic E-state index is 4.47. The molecule has 0 bridgehead atoms. The molecule has 0 aliphatic carbocycles. The van der Waals surface area contributed by atoms with Crippen molar-refractivity contribution in [3.63, 3.8) is 0 Å². The average Bonchev–Trinajstić information content (AvgIpc) is 2.63. The van der Waals surface area contributed by atoms with E-state index in [-0.39, 0.29) is 0 Å². The Kier molecular flexibility index (Phi) is 6.23. The SMILES string of the molecule is CC(C)CCNc1cc(N2CCN(Cc3ccccc3)CC2)ncn1. The van der Waals surface area contributed by atoms with Gasteiger partial charge in [-0.1, -0.05) is 44.2 Å². The van der Waals surface area contributed by atoms with Crippen LogP contribution in [0.25, 0.3) is 0 Å². The highest BCUT2D eigenvalue weighted by Crippen LogP contribution is 2.17. The number of hydrogen-bond donors (Lipinski definition) is 1. The van der Waals surface area contributed by atoms with E-state index < -0.39 is 0 Å². The van der Waals surface area contributed by atoms with Gasteiger partial charge in [0.1, 0.15) is 18.0 Å². The number of benzene rings is 1. The first-order valence-electron chi connectivity index (χ1n) is 9.28. The molecular formula is C20H29N5. The zero-order valence-corrected chi connectivity index (χ0v) is 15.4. The number of anilines is 2. The van der Waals surface area contributed by atoms with Gasteiger partial charge in [-0.3, -0.25) is 4.90 Å². The Morgan fingerprint density at radius 2 is 1.80 bits per heavy atom. The van der Waals surface area contributed by atoms with Crippen molar-refractivity contribution in [2.75, 3.05) is 42.9 Å². The smallest absolute Gasteiger partial charge is 0.134 e. The molecule has 1 aliphatic heterocycles. The van der Waals surface area contributed by atoms with Gasteiger partial charge in [0.25, 0.3) is 0 Å². The van der Waals surface area contributed by atoms with Gasteiger partial charge in [0.15, 0.2) is 0 Å². The normalized spacial score (nSPS) is 15.6. The second-order valence-corrected chi connectivity index (χ2v) is 7.12. The molecule has 0 amide bonds. The fourth-order valence-electron chi connectivity index (χ4n) is 3.08. The molecule has 134 valence electrons. The minimum atomic E-state index is 0.700. The lowest BCUT2D eigenvalue weighted by molar-refractivity contribution is 0.249. The van der Waals surface area contributed by atoms with Crippen molar-refractivity contribution >= 4 is 11.6 Å². The van der Waals surface area contributed by atoms with Gasteiger partial charge in [-0.25, -0.2) is 9.97 Å². The highest BCUT2D eigenvalue weighted by molar-refractivity contribution is 5.48. The standard InChI is InChI=1S/C20H29N5/c1-17(2)8-9-21-19-14-20(23-16-22-19)25-12-10-24(11-13-25)15-18-6-4-3-5-7-18/h3-7,14,16-17H,8-13,15H2,1-2H3,(H,21,22,23). The molecular weight excluding hydrogens is 310 g/mol. The quantitative estimate of drug-likeness (QED) is 0.839. The van der Waals surface area contributed by atoms with E-state index in [1.165, 1.54) is 5.56 Å². The van der Waals surface area contributed by atoms with E-state index in [1.807, 2.05) is 0 Å². The predicted octanol–water partition coefficient (Wildman–Crippen LogP) is 3.26. The van der Waals surface area contributed by atoms with Crippen LogP contribution in [0.15, 0.2) is 42.7 Å². The highest BCUT2D eigenvalue weighted by atomic mass is 15.3. The summed E-state index contributed by atoms with van der Waals surface area (Å²) < 4.78 is 0. The van der Waals surface area contributed by atoms with Crippen molar-refractivity contribution in [3.8, 4) is 0 Å². The second kappa shape index (κ2) is 8.81. The van der Waals surface area contributed by atoms with E-state index >= 15 is 0 Å². The first-order valence-corrected chi connectivity index (χ1v) is 9.28. The molecule has 1 aromatic carbocycles. The fourth-order valence-corrected chi connectivity index (χ4v) is 3.08. The Hall–Kier alpha value is -2.14. The van der Waals surface area contributed by atoms with Gasteiger partial charge in [-0.05, 0) is 17.9 Å².